The van der Waals surface area contributed by atoms with E-state index in [0.29, 0.717) is 19.4 Å². The first-order valence-corrected chi connectivity index (χ1v) is 5.30. The largest absolute Gasteiger partial charge is 0.354 e. The number of hydrogen-bond donors (Lipinski definition) is 3. The zero-order valence-electron chi connectivity index (χ0n) is 9.67. The molecule has 88 valence electrons. The van der Waals surface area contributed by atoms with Crippen molar-refractivity contribution in [2.24, 2.45) is 5.73 Å². The van der Waals surface area contributed by atoms with Gasteiger partial charge in [-0.25, -0.2) is 0 Å². The molecular weight excluding hydrogens is 194 g/mol. The lowest BCUT2D eigenvalue weighted by Gasteiger charge is -2.11. The number of hydrogen-bond acceptors (Lipinski definition) is 3. The van der Waals surface area contributed by atoms with Gasteiger partial charge in [0.05, 0.1) is 6.04 Å². The number of nitrogens with one attached hydrogen (secondary N) is 2. The van der Waals surface area contributed by atoms with Crippen molar-refractivity contribution in [3.05, 3.63) is 0 Å². The van der Waals surface area contributed by atoms with Crippen LogP contribution in [0.5, 0.6) is 0 Å². The molecule has 5 nitrogen and oxygen atoms in total. The molecule has 0 aliphatic rings. The molecule has 0 spiro atoms. The van der Waals surface area contributed by atoms with Gasteiger partial charge in [0.15, 0.2) is 0 Å². The SMILES string of the molecule is CC[C@H](N)C(=O)NCCC(=O)NC(C)C. The summed E-state index contributed by atoms with van der Waals surface area (Å²) in [5.74, 6) is -0.259. The smallest absolute Gasteiger partial charge is 0.236 e. The quantitative estimate of drug-likeness (QED) is 0.571. The second kappa shape index (κ2) is 7.23. The minimum atomic E-state index is -0.474. The third kappa shape index (κ3) is 6.90. The zero-order valence-corrected chi connectivity index (χ0v) is 9.67. The van der Waals surface area contributed by atoms with Crippen LogP contribution in [0.3, 0.4) is 0 Å². The van der Waals surface area contributed by atoms with E-state index in [9.17, 15) is 9.59 Å². The molecule has 0 unspecified atom stereocenters. The van der Waals surface area contributed by atoms with E-state index in [1.807, 2.05) is 20.8 Å². The number of rotatable bonds is 6. The number of nitrogens with two attached hydrogens (primary N) is 1. The molecule has 0 saturated heterocycles. The van der Waals surface area contributed by atoms with Gasteiger partial charge < -0.3 is 16.4 Å². The first-order valence-electron chi connectivity index (χ1n) is 5.30. The second-order valence-corrected chi connectivity index (χ2v) is 3.78. The first kappa shape index (κ1) is 13.9. The monoisotopic (exact) mass is 215 g/mol. The fourth-order valence-electron chi connectivity index (χ4n) is 1.01. The molecule has 0 aromatic rings. The Morgan fingerprint density at radius 3 is 2.40 bits per heavy atom. The Balaban J connectivity index is 3.61. The van der Waals surface area contributed by atoms with Crippen molar-refractivity contribution in [3.63, 3.8) is 0 Å². The highest BCUT2D eigenvalue weighted by Crippen LogP contribution is 1.87. The molecule has 0 bridgehead atoms. The van der Waals surface area contributed by atoms with Crippen LogP contribution in [0.4, 0.5) is 0 Å². The molecule has 1 atom stereocenters. The maximum atomic E-state index is 11.2. The fraction of sp³-hybridized carbons (Fsp3) is 0.800. The average molecular weight is 215 g/mol. The lowest BCUT2D eigenvalue weighted by molar-refractivity contribution is -0.123. The Bertz CT molecular complexity index is 217. The van der Waals surface area contributed by atoms with Crippen molar-refractivity contribution >= 4 is 11.8 Å². The van der Waals surface area contributed by atoms with Crippen molar-refractivity contribution in [1.82, 2.24) is 10.6 Å². The molecule has 0 radical (unpaired) electrons. The van der Waals surface area contributed by atoms with Crippen molar-refractivity contribution in [2.45, 2.75) is 45.7 Å². The minimum absolute atomic E-state index is 0.0598. The summed E-state index contributed by atoms with van der Waals surface area (Å²) in [6, 6.07) is -0.343. The van der Waals surface area contributed by atoms with Gasteiger partial charge in [-0.15, -0.1) is 0 Å². The first-order chi connectivity index (χ1) is 6.97. The van der Waals surface area contributed by atoms with Crippen LogP contribution < -0.4 is 16.4 Å². The zero-order chi connectivity index (χ0) is 11.8. The Labute approximate surface area is 90.8 Å². The predicted octanol–water partition coefficient (Wildman–Crippen LogP) is -0.245. The maximum Gasteiger partial charge on any atom is 0.236 e. The molecule has 0 aromatic heterocycles. The van der Waals surface area contributed by atoms with E-state index < -0.39 is 6.04 Å². The van der Waals surface area contributed by atoms with E-state index in [1.165, 1.54) is 0 Å². The van der Waals surface area contributed by atoms with Crippen LogP contribution in [-0.4, -0.2) is 30.4 Å². The van der Waals surface area contributed by atoms with Gasteiger partial charge in [0.1, 0.15) is 0 Å². The Kier molecular flexibility index (Phi) is 6.70. The van der Waals surface area contributed by atoms with Crippen molar-refractivity contribution in [2.75, 3.05) is 6.54 Å². The van der Waals surface area contributed by atoms with Crippen LogP contribution >= 0.6 is 0 Å². The van der Waals surface area contributed by atoms with Gasteiger partial charge in [-0.05, 0) is 20.3 Å². The van der Waals surface area contributed by atoms with E-state index in [2.05, 4.69) is 10.6 Å². The summed E-state index contributed by atoms with van der Waals surface area (Å²) < 4.78 is 0. The van der Waals surface area contributed by atoms with Gasteiger partial charge in [0.2, 0.25) is 11.8 Å². The van der Waals surface area contributed by atoms with Crippen LogP contribution in [0.25, 0.3) is 0 Å². The Morgan fingerprint density at radius 2 is 1.93 bits per heavy atom. The highest BCUT2D eigenvalue weighted by molar-refractivity contribution is 5.82. The number of amides is 2. The topological polar surface area (TPSA) is 84.2 Å². The summed E-state index contributed by atoms with van der Waals surface area (Å²) in [6.45, 7) is 5.97. The third-order valence-electron chi connectivity index (χ3n) is 1.88. The van der Waals surface area contributed by atoms with E-state index in [0.717, 1.165) is 0 Å². The maximum absolute atomic E-state index is 11.2. The van der Waals surface area contributed by atoms with Crippen molar-refractivity contribution < 1.29 is 9.59 Å². The molecule has 0 aliphatic heterocycles. The molecule has 0 rings (SSSR count). The van der Waals surface area contributed by atoms with Gasteiger partial charge >= 0.3 is 0 Å². The van der Waals surface area contributed by atoms with Gasteiger partial charge in [-0.2, -0.15) is 0 Å². The van der Waals surface area contributed by atoms with Gasteiger partial charge in [0, 0.05) is 19.0 Å². The molecular formula is C10H21N3O2. The normalized spacial score (nSPS) is 12.3. The summed E-state index contributed by atoms with van der Waals surface area (Å²) >= 11 is 0. The van der Waals surface area contributed by atoms with Crippen LogP contribution in [0, 0.1) is 0 Å². The summed E-state index contributed by atoms with van der Waals surface area (Å²) in [5, 5.41) is 5.35. The average Bonchev–Trinajstić information content (AvgIpc) is 2.15. The Hall–Kier alpha value is -1.10. The molecule has 0 saturated carbocycles. The van der Waals surface area contributed by atoms with Gasteiger partial charge in [-0.1, -0.05) is 6.92 Å². The molecule has 0 aliphatic carbocycles. The van der Waals surface area contributed by atoms with Crippen molar-refractivity contribution in [1.29, 1.82) is 0 Å². The van der Waals surface area contributed by atoms with E-state index in [-0.39, 0.29) is 17.9 Å². The third-order valence-corrected chi connectivity index (χ3v) is 1.88. The molecule has 2 amide bonds. The molecule has 0 fully saturated rings. The summed E-state index contributed by atoms with van der Waals surface area (Å²) in [4.78, 5) is 22.4. The van der Waals surface area contributed by atoms with E-state index in [4.69, 9.17) is 5.73 Å². The molecule has 0 heterocycles. The molecule has 0 aromatic carbocycles. The van der Waals surface area contributed by atoms with Crippen LogP contribution in [0.15, 0.2) is 0 Å². The predicted molar refractivity (Wildman–Crippen MR) is 59.2 cm³/mol. The van der Waals surface area contributed by atoms with E-state index in [1.54, 1.807) is 0 Å². The standard InChI is InChI=1S/C10H21N3O2/c1-4-8(11)10(15)12-6-5-9(14)13-7(2)3/h7-8H,4-6,11H2,1-3H3,(H,12,15)(H,13,14)/t8-/m0/s1. The van der Waals surface area contributed by atoms with Crippen LogP contribution in [0.1, 0.15) is 33.6 Å². The van der Waals surface area contributed by atoms with E-state index >= 15 is 0 Å². The van der Waals surface area contributed by atoms with Crippen LogP contribution in [-0.2, 0) is 9.59 Å². The lowest BCUT2D eigenvalue weighted by Crippen LogP contribution is -2.41. The lowest BCUT2D eigenvalue weighted by atomic mass is 10.2. The van der Waals surface area contributed by atoms with Crippen molar-refractivity contribution in [3.8, 4) is 0 Å². The number of carbonyl (C=O) groups excluding carboxylic acids is 2. The summed E-state index contributed by atoms with van der Waals surface area (Å²) in [5.41, 5.74) is 5.50. The van der Waals surface area contributed by atoms with Crippen LogP contribution in [0.2, 0.25) is 0 Å². The fourth-order valence-corrected chi connectivity index (χ4v) is 1.01. The highest BCUT2D eigenvalue weighted by Gasteiger charge is 2.10. The minimum Gasteiger partial charge on any atom is -0.354 e. The summed E-state index contributed by atoms with van der Waals surface area (Å²) in [7, 11) is 0. The van der Waals surface area contributed by atoms with Gasteiger partial charge in [-0.3, -0.25) is 9.59 Å². The molecule has 4 N–H and O–H groups in total. The summed E-state index contributed by atoms with van der Waals surface area (Å²) in [6.07, 6.45) is 0.893. The number of carbonyl (C=O) groups is 2. The molecule has 15 heavy (non-hydrogen) atoms. The Morgan fingerprint density at radius 1 is 1.33 bits per heavy atom. The molecule has 5 heteroatoms. The van der Waals surface area contributed by atoms with Gasteiger partial charge in [0.25, 0.3) is 0 Å². The second-order valence-electron chi connectivity index (χ2n) is 3.78. The highest BCUT2D eigenvalue weighted by atomic mass is 16.2.